The molecule has 1 aromatic carbocycles. The Morgan fingerprint density at radius 1 is 1.09 bits per heavy atom. The van der Waals surface area contributed by atoms with Crippen LogP contribution >= 0.6 is 0 Å². The summed E-state index contributed by atoms with van der Waals surface area (Å²) in [5, 5.41) is 6.68. The molecule has 4 heteroatoms. The van der Waals surface area contributed by atoms with E-state index in [2.05, 4.69) is 39.8 Å². The first-order valence-corrected chi connectivity index (χ1v) is 8.64. The molecule has 22 heavy (non-hydrogen) atoms. The highest BCUT2D eigenvalue weighted by Gasteiger charge is 2.25. The van der Waals surface area contributed by atoms with Gasteiger partial charge in [0.1, 0.15) is 0 Å². The van der Waals surface area contributed by atoms with E-state index in [1.54, 1.807) is 0 Å². The highest BCUT2D eigenvalue weighted by Crippen LogP contribution is 2.20. The van der Waals surface area contributed by atoms with E-state index >= 15 is 0 Å². The van der Waals surface area contributed by atoms with Crippen molar-refractivity contribution in [3.8, 4) is 0 Å². The highest BCUT2D eigenvalue weighted by atomic mass is 16.1. The van der Waals surface area contributed by atoms with Gasteiger partial charge in [-0.3, -0.25) is 4.79 Å². The molecule has 0 radical (unpaired) electrons. The molecule has 3 rings (SSSR count). The van der Waals surface area contributed by atoms with Crippen molar-refractivity contribution in [2.45, 2.75) is 38.1 Å². The molecule has 2 unspecified atom stereocenters. The Bertz CT molecular complexity index is 468. The lowest BCUT2D eigenvalue weighted by Gasteiger charge is -2.35. The van der Waals surface area contributed by atoms with Crippen LogP contribution in [0.5, 0.6) is 0 Å². The quantitative estimate of drug-likeness (QED) is 0.899. The minimum absolute atomic E-state index is 0.196. The summed E-state index contributed by atoms with van der Waals surface area (Å²) in [5.74, 6) is 0.464. The predicted octanol–water partition coefficient (Wildman–Crippen LogP) is 2.16. The third kappa shape index (κ3) is 4.01. The summed E-state index contributed by atoms with van der Waals surface area (Å²) in [6.45, 7) is 4.04. The molecule has 2 N–H and O–H groups in total. The number of amides is 1. The Balaban J connectivity index is 1.54. The molecule has 2 aliphatic rings. The van der Waals surface area contributed by atoms with E-state index in [0.29, 0.717) is 0 Å². The number of nitrogens with zero attached hydrogens (tertiary/aromatic N) is 1. The SMILES string of the molecule is O=C(NC1CCCN(c2ccccc2)C1)C1CCCNCC1. The van der Waals surface area contributed by atoms with Crippen LogP contribution in [0.25, 0.3) is 0 Å². The van der Waals surface area contributed by atoms with Gasteiger partial charge in [-0.15, -0.1) is 0 Å². The van der Waals surface area contributed by atoms with Crippen LogP contribution in [-0.4, -0.2) is 38.1 Å². The number of hydrogen-bond acceptors (Lipinski definition) is 3. The molecule has 1 amide bonds. The van der Waals surface area contributed by atoms with Crippen LogP contribution in [0.1, 0.15) is 32.1 Å². The first-order valence-electron chi connectivity index (χ1n) is 8.64. The van der Waals surface area contributed by atoms with Crippen molar-refractivity contribution in [3.63, 3.8) is 0 Å². The number of benzene rings is 1. The standard InChI is InChI=1S/C18H27N3O/c22-18(15-6-4-11-19-12-10-15)20-16-7-5-13-21(14-16)17-8-2-1-3-9-17/h1-3,8-9,15-16,19H,4-7,10-14H2,(H,20,22). The minimum atomic E-state index is 0.196. The van der Waals surface area contributed by atoms with Gasteiger partial charge in [0.25, 0.3) is 0 Å². The lowest BCUT2D eigenvalue weighted by molar-refractivity contribution is -0.126. The average molecular weight is 301 g/mol. The van der Waals surface area contributed by atoms with Crippen LogP contribution in [0.15, 0.2) is 30.3 Å². The number of nitrogens with one attached hydrogen (secondary N) is 2. The summed E-state index contributed by atoms with van der Waals surface area (Å²) < 4.78 is 0. The fraction of sp³-hybridized carbons (Fsp3) is 0.611. The van der Waals surface area contributed by atoms with Crippen molar-refractivity contribution in [2.75, 3.05) is 31.1 Å². The second-order valence-corrected chi connectivity index (χ2v) is 6.51. The molecule has 0 bridgehead atoms. The molecule has 1 aromatic rings. The molecule has 120 valence electrons. The van der Waals surface area contributed by atoms with Crippen molar-refractivity contribution in [2.24, 2.45) is 5.92 Å². The van der Waals surface area contributed by atoms with Crippen molar-refractivity contribution in [1.29, 1.82) is 0 Å². The number of piperidine rings is 1. The van der Waals surface area contributed by atoms with Gasteiger partial charge >= 0.3 is 0 Å². The Kier molecular flexibility index (Phi) is 5.33. The summed E-state index contributed by atoms with van der Waals surface area (Å²) in [5.41, 5.74) is 1.26. The number of rotatable bonds is 3. The van der Waals surface area contributed by atoms with Gasteiger partial charge in [-0.25, -0.2) is 0 Å². The van der Waals surface area contributed by atoms with Crippen molar-refractivity contribution in [3.05, 3.63) is 30.3 Å². The molecule has 2 heterocycles. The van der Waals surface area contributed by atoms with Gasteiger partial charge in [-0.2, -0.15) is 0 Å². The van der Waals surface area contributed by atoms with Crippen LogP contribution in [0.2, 0.25) is 0 Å². The van der Waals surface area contributed by atoms with E-state index in [1.165, 1.54) is 5.69 Å². The second-order valence-electron chi connectivity index (χ2n) is 6.51. The van der Waals surface area contributed by atoms with Crippen LogP contribution in [0.3, 0.4) is 0 Å². The Labute approximate surface area is 133 Å². The van der Waals surface area contributed by atoms with Crippen molar-refractivity contribution in [1.82, 2.24) is 10.6 Å². The topological polar surface area (TPSA) is 44.4 Å². The highest BCUT2D eigenvalue weighted by molar-refractivity contribution is 5.79. The number of anilines is 1. The van der Waals surface area contributed by atoms with Gasteiger partial charge in [0.2, 0.25) is 5.91 Å². The average Bonchev–Trinajstić information content (AvgIpc) is 2.85. The van der Waals surface area contributed by atoms with Crippen molar-refractivity contribution < 1.29 is 4.79 Å². The molecule has 0 saturated carbocycles. The molecular formula is C18H27N3O. The van der Waals surface area contributed by atoms with Crippen LogP contribution in [0.4, 0.5) is 5.69 Å². The third-order valence-electron chi connectivity index (χ3n) is 4.84. The van der Waals surface area contributed by atoms with E-state index in [0.717, 1.165) is 58.3 Å². The number of hydrogen-bond donors (Lipinski definition) is 2. The Morgan fingerprint density at radius 2 is 1.95 bits per heavy atom. The zero-order valence-corrected chi connectivity index (χ0v) is 13.3. The number of carbonyl (C=O) groups is 1. The lowest BCUT2D eigenvalue weighted by Crippen LogP contribution is -2.49. The smallest absolute Gasteiger partial charge is 0.223 e. The van der Waals surface area contributed by atoms with Gasteiger partial charge < -0.3 is 15.5 Å². The fourth-order valence-corrected chi connectivity index (χ4v) is 3.57. The van der Waals surface area contributed by atoms with Gasteiger partial charge in [0.15, 0.2) is 0 Å². The van der Waals surface area contributed by atoms with E-state index in [9.17, 15) is 4.79 Å². The van der Waals surface area contributed by atoms with Gasteiger partial charge in [0, 0.05) is 30.7 Å². The maximum absolute atomic E-state index is 12.5. The van der Waals surface area contributed by atoms with E-state index in [1.807, 2.05) is 6.07 Å². The first-order chi connectivity index (χ1) is 10.8. The molecule has 0 spiro atoms. The third-order valence-corrected chi connectivity index (χ3v) is 4.84. The fourth-order valence-electron chi connectivity index (χ4n) is 3.57. The van der Waals surface area contributed by atoms with E-state index in [-0.39, 0.29) is 17.9 Å². The molecule has 2 saturated heterocycles. The zero-order valence-electron chi connectivity index (χ0n) is 13.3. The summed E-state index contributed by atoms with van der Waals surface area (Å²) in [6, 6.07) is 10.8. The number of para-hydroxylation sites is 1. The van der Waals surface area contributed by atoms with Crippen LogP contribution < -0.4 is 15.5 Å². The summed E-state index contributed by atoms with van der Waals surface area (Å²) >= 11 is 0. The minimum Gasteiger partial charge on any atom is -0.369 e. The molecule has 4 nitrogen and oxygen atoms in total. The maximum atomic E-state index is 12.5. The van der Waals surface area contributed by atoms with E-state index < -0.39 is 0 Å². The maximum Gasteiger partial charge on any atom is 0.223 e. The predicted molar refractivity (Wildman–Crippen MR) is 90.0 cm³/mol. The Hall–Kier alpha value is -1.55. The lowest BCUT2D eigenvalue weighted by atomic mass is 9.98. The summed E-state index contributed by atoms with van der Waals surface area (Å²) in [6.07, 6.45) is 5.35. The zero-order chi connectivity index (χ0) is 15.2. The van der Waals surface area contributed by atoms with Crippen LogP contribution in [-0.2, 0) is 4.79 Å². The van der Waals surface area contributed by atoms with Gasteiger partial charge in [-0.05, 0) is 57.3 Å². The van der Waals surface area contributed by atoms with E-state index in [4.69, 9.17) is 0 Å². The summed E-state index contributed by atoms with van der Waals surface area (Å²) in [7, 11) is 0. The molecule has 2 aliphatic heterocycles. The van der Waals surface area contributed by atoms with Crippen LogP contribution in [0, 0.1) is 5.92 Å². The first kappa shape index (κ1) is 15.3. The van der Waals surface area contributed by atoms with Gasteiger partial charge in [0.05, 0.1) is 0 Å². The molecule has 2 fully saturated rings. The normalized spacial score (nSPS) is 26.3. The monoisotopic (exact) mass is 301 g/mol. The molecule has 0 aromatic heterocycles. The largest absolute Gasteiger partial charge is 0.369 e. The van der Waals surface area contributed by atoms with Gasteiger partial charge in [-0.1, -0.05) is 18.2 Å². The molecular weight excluding hydrogens is 274 g/mol. The van der Waals surface area contributed by atoms with Crippen molar-refractivity contribution >= 4 is 11.6 Å². The molecule has 2 atom stereocenters. The second kappa shape index (κ2) is 7.63. The summed E-state index contributed by atoms with van der Waals surface area (Å²) in [4.78, 5) is 14.9. The Morgan fingerprint density at radius 3 is 2.82 bits per heavy atom. The molecule has 0 aliphatic carbocycles. The number of carbonyl (C=O) groups excluding carboxylic acids is 1.